The van der Waals surface area contributed by atoms with Crippen molar-refractivity contribution in [1.29, 1.82) is 0 Å². The summed E-state index contributed by atoms with van der Waals surface area (Å²) in [6.45, 7) is 4.59. The summed E-state index contributed by atoms with van der Waals surface area (Å²) in [6.07, 6.45) is 2.67. The molecule has 3 amide bonds. The molecule has 3 aliphatic rings. The molecule has 5 heteroatoms. The summed E-state index contributed by atoms with van der Waals surface area (Å²) >= 11 is 0. The molecule has 4 rings (SSSR count). The van der Waals surface area contributed by atoms with E-state index in [1.54, 1.807) is 9.80 Å². The standard InChI is InChI=1S/C18H23N3O2/c1-13-10-15(12-19(13)11-14-6-3-2-4-7-14)21-17(22)16-8-5-9-20(16)18(21)23/h2-4,6-7,13,15-16H,5,8-12H2,1H3/t13?,15?,16-/m0/s1. The maximum absolute atomic E-state index is 12.6. The first-order valence-corrected chi connectivity index (χ1v) is 8.57. The molecule has 3 fully saturated rings. The van der Waals surface area contributed by atoms with E-state index in [0.717, 1.165) is 38.9 Å². The van der Waals surface area contributed by atoms with Gasteiger partial charge in [0.15, 0.2) is 0 Å². The van der Waals surface area contributed by atoms with E-state index >= 15 is 0 Å². The van der Waals surface area contributed by atoms with Gasteiger partial charge in [0.1, 0.15) is 6.04 Å². The van der Waals surface area contributed by atoms with Gasteiger partial charge in [0, 0.05) is 25.7 Å². The fraction of sp³-hybridized carbons (Fsp3) is 0.556. The van der Waals surface area contributed by atoms with Crippen LogP contribution in [0.4, 0.5) is 4.79 Å². The van der Waals surface area contributed by atoms with Gasteiger partial charge in [-0.1, -0.05) is 30.3 Å². The SMILES string of the molecule is CC1CC(N2C(=O)[C@@H]3CCCN3C2=O)CN1Cc1ccccc1. The second-order valence-electron chi connectivity index (χ2n) is 7.00. The molecule has 122 valence electrons. The van der Waals surface area contributed by atoms with Crippen LogP contribution >= 0.6 is 0 Å². The van der Waals surface area contributed by atoms with Gasteiger partial charge in [0.25, 0.3) is 5.91 Å². The molecule has 3 saturated heterocycles. The second kappa shape index (κ2) is 5.64. The molecule has 23 heavy (non-hydrogen) atoms. The van der Waals surface area contributed by atoms with E-state index in [-0.39, 0.29) is 24.0 Å². The zero-order chi connectivity index (χ0) is 16.0. The lowest BCUT2D eigenvalue weighted by Gasteiger charge is -2.23. The van der Waals surface area contributed by atoms with Crippen molar-refractivity contribution in [3.05, 3.63) is 35.9 Å². The first-order chi connectivity index (χ1) is 11.1. The fourth-order valence-electron chi connectivity index (χ4n) is 4.28. The van der Waals surface area contributed by atoms with Gasteiger partial charge in [-0.3, -0.25) is 14.6 Å². The number of likely N-dealkylation sites (tertiary alicyclic amines) is 1. The highest BCUT2D eigenvalue weighted by atomic mass is 16.2. The number of hydrogen-bond donors (Lipinski definition) is 0. The normalized spacial score (nSPS) is 31.3. The van der Waals surface area contributed by atoms with Gasteiger partial charge in [0.2, 0.25) is 0 Å². The molecule has 3 aliphatic heterocycles. The van der Waals surface area contributed by atoms with E-state index in [4.69, 9.17) is 0 Å². The monoisotopic (exact) mass is 313 g/mol. The van der Waals surface area contributed by atoms with Gasteiger partial charge < -0.3 is 4.90 Å². The van der Waals surface area contributed by atoms with Crippen LogP contribution in [0.15, 0.2) is 30.3 Å². The lowest BCUT2D eigenvalue weighted by atomic mass is 10.1. The Morgan fingerprint density at radius 2 is 1.96 bits per heavy atom. The lowest BCUT2D eigenvalue weighted by molar-refractivity contribution is -0.129. The molecule has 5 nitrogen and oxygen atoms in total. The van der Waals surface area contributed by atoms with Crippen molar-refractivity contribution in [3.63, 3.8) is 0 Å². The largest absolute Gasteiger partial charge is 0.327 e. The van der Waals surface area contributed by atoms with Crippen LogP contribution in [0.5, 0.6) is 0 Å². The second-order valence-corrected chi connectivity index (χ2v) is 7.00. The van der Waals surface area contributed by atoms with Crippen molar-refractivity contribution in [2.75, 3.05) is 13.1 Å². The van der Waals surface area contributed by atoms with Crippen LogP contribution in [0, 0.1) is 0 Å². The zero-order valence-electron chi connectivity index (χ0n) is 13.5. The summed E-state index contributed by atoms with van der Waals surface area (Å²) in [6, 6.07) is 10.6. The molecule has 3 atom stereocenters. The van der Waals surface area contributed by atoms with Crippen molar-refractivity contribution in [3.8, 4) is 0 Å². The van der Waals surface area contributed by atoms with Gasteiger partial charge in [-0.05, 0) is 31.7 Å². The number of carbonyl (C=O) groups is 2. The average Bonchev–Trinajstić information content (AvgIpc) is 3.21. The van der Waals surface area contributed by atoms with Crippen LogP contribution in [0.2, 0.25) is 0 Å². The summed E-state index contributed by atoms with van der Waals surface area (Å²) in [4.78, 5) is 30.9. The maximum Gasteiger partial charge on any atom is 0.327 e. The number of urea groups is 1. The topological polar surface area (TPSA) is 43.9 Å². The summed E-state index contributed by atoms with van der Waals surface area (Å²) in [7, 11) is 0. The molecule has 3 heterocycles. The van der Waals surface area contributed by atoms with Crippen molar-refractivity contribution >= 4 is 11.9 Å². The molecule has 1 aromatic carbocycles. The van der Waals surface area contributed by atoms with Crippen LogP contribution < -0.4 is 0 Å². The Hall–Kier alpha value is -1.88. The number of fused-ring (bicyclic) bond motifs is 1. The number of imide groups is 1. The zero-order valence-corrected chi connectivity index (χ0v) is 13.5. The van der Waals surface area contributed by atoms with Crippen molar-refractivity contribution in [2.24, 2.45) is 0 Å². The number of amides is 3. The number of rotatable bonds is 3. The molecular weight excluding hydrogens is 290 g/mol. The Bertz CT molecular complexity index is 596. The van der Waals surface area contributed by atoms with E-state index in [1.165, 1.54) is 5.56 Å². The Labute approximate surface area is 136 Å². The predicted octanol–water partition coefficient (Wildman–Crippen LogP) is 2.08. The van der Waals surface area contributed by atoms with Crippen LogP contribution in [-0.2, 0) is 11.3 Å². The third-order valence-corrected chi connectivity index (χ3v) is 5.50. The third kappa shape index (κ3) is 2.43. The van der Waals surface area contributed by atoms with E-state index in [9.17, 15) is 9.59 Å². The molecule has 0 saturated carbocycles. The molecule has 0 bridgehead atoms. The van der Waals surface area contributed by atoms with Crippen molar-refractivity contribution in [1.82, 2.24) is 14.7 Å². The highest BCUT2D eigenvalue weighted by molar-refractivity contribution is 6.05. The minimum Gasteiger partial charge on any atom is -0.312 e. The number of carbonyl (C=O) groups excluding carboxylic acids is 2. The highest BCUT2D eigenvalue weighted by Gasteiger charge is 2.51. The van der Waals surface area contributed by atoms with Crippen molar-refractivity contribution < 1.29 is 9.59 Å². The molecule has 0 N–H and O–H groups in total. The van der Waals surface area contributed by atoms with Crippen LogP contribution in [0.25, 0.3) is 0 Å². The first kappa shape index (κ1) is 14.7. The van der Waals surface area contributed by atoms with E-state index in [2.05, 4.69) is 36.1 Å². The van der Waals surface area contributed by atoms with E-state index in [1.807, 2.05) is 6.07 Å². The lowest BCUT2D eigenvalue weighted by Crippen LogP contribution is -2.43. The quantitative estimate of drug-likeness (QED) is 0.803. The molecule has 0 radical (unpaired) electrons. The highest BCUT2D eigenvalue weighted by Crippen LogP contribution is 2.33. The number of benzene rings is 1. The van der Waals surface area contributed by atoms with Gasteiger partial charge >= 0.3 is 6.03 Å². The molecule has 0 aliphatic carbocycles. The Kier molecular flexibility index (Phi) is 3.60. The van der Waals surface area contributed by atoms with E-state index in [0.29, 0.717) is 6.04 Å². The average molecular weight is 313 g/mol. The smallest absolute Gasteiger partial charge is 0.312 e. The van der Waals surface area contributed by atoms with Crippen molar-refractivity contribution in [2.45, 2.75) is 50.9 Å². The van der Waals surface area contributed by atoms with Crippen LogP contribution in [0.3, 0.4) is 0 Å². The molecule has 0 spiro atoms. The van der Waals surface area contributed by atoms with Gasteiger partial charge in [-0.2, -0.15) is 0 Å². The first-order valence-electron chi connectivity index (χ1n) is 8.57. The Morgan fingerprint density at radius 1 is 1.17 bits per heavy atom. The summed E-state index contributed by atoms with van der Waals surface area (Å²) in [5.41, 5.74) is 1.28. The van der Waals surface area contributed by atoms with Gasteiger partial charge in [-0.25, -0.2) is 4.79 Å². The Morgan fingerprint density at radius 3 is 2.70 bits per heavy atom. The fourth-order valence-corrected chi connectivity index (χ4v) is 4.28. The molecule has 0 aromatic heterocycles. The minimum absolute atomic E-state index is 0.0271. The summed E-state index contributed by atoms with van der Waals surface area (Å²) < 4.78 is 0. The summed E-state index contributed by atoms with van der Waals surface area (Å²) in [5, 5.41) is 0. The Balaban J connectivity index is 1.47. The number of hydrogen-bond acceptors (Lipinski definition) is 3. The minimum atomic E-state index is -0.180. The molecule has 2 unspecified atom stereocenters. The molecular formula is C18H23N3O2. The third-order valence-electron chi connectivity index (χ3n) is 5.50. The summed E-state index contributed by atoms with van der Waals surface area (Å²) in [5.74, 6) is 0.0336. The van der Waals surface area contributed by atoms with Crippen LogP contribution in [-0.4, -0.2) is 57.9 Å². The maximum atomic E-state index is 12.6. The van der Waals surface area contributed by atoms with Gasteiger partial charge in [0.05, 0.1) is 6.04 Å². The van der Waals surface area contributed by atoms with Crippen LogP contribution in [0.1, 0.15) is 31.7 Å². The van der Waals surface area contributed by atoms with E-state index < -0.39 is 0 Å². The molecule has 1 aromatic rings. The number of nitrogens with zero attached hydrogens (tertiary/aromatic N) is 3. The predicted molar refractivity (Wildman–Crippen MR) is 86.7 cm³/mol. The van der Waals surface area contributed by atoms with Gasteiger partial charge in [-0.15, -0.1) is 0 Å².